The summed E-state index contributed by atoms with van der Waals surface area (Å²) in [5.74, 6) is 0. The van der Waals surface area contributed by atoms with Crippen LogP contribution >= 0.6 is 0 Å². The van der Waals surface area contributed by atoms with Crippen LogP contribution in [0.3, 0.4) is 0 Å². The number of fused-ring (bicyclic) bond motifs is 16. The van der Waals surface area contributed by atoms with Gasteiger partial charge in [-0.25, -0.2) is 0 Å². The highest BCUT2D eigenvalue weighted by Gasteiger charge is 2.47. The van der Waals surface area contributed by atoms with Crippen molar-refractivity contribution in [2.75, 3.05) is 9.80 Å². The summed E-state index contributed by atoms with van der Waals surface area (Å²) in [7, 11) is 0. The zero-order chi connectivity index (χ0) is 91.7. The van der Waals surface area contributed by atoms with Crippen molar-refractivity contribution in [3.63, 3.8) is 0 Å². The molecule has 2 aliphatic heterocycles. The summed E-state index contributed by atoms with van der Waals surface area (Å²) in [6, 6.07) is 101. The topological polar surface area (TPSA) is 16.3 Å². The van der Waals surface area contributed by atoms with Crippen LogP contribution in [0, 0.1) is 0 Å². The van der Waals surface area contributed by atoms with Gasteiger partial charge in [0, 0.05) is 77.9 Å². The van der Waals surface area contributed by atoms with Crippen molar-refractivity contribution in [3.8, 4) is 78.1 Å². The van der Waals surface area contributed by atoms with E-state index in [0.29, 0.717) is 33.9 Å². The lowest BCUT2D eigenvalue weighted by molar-refractivity contribution is 0.590. The van der Waals surface area contributed by atoms with E-state index in [1.54, 1.807) is 57.7 Å². The number of hydrogen-bond acceptors (Lipinski definition) is 2. The standard InChI is InChI=1S/C114H83BN4/c1-113(2,3)84-66-96(74-32-15-9-16-33-74)112(97(67-84)75-34-17-10-18-35-75)119-107-71-87(117-103-45-26-24-41-93(103)99-63-81(55-61-105(99)117)73-30-13-8-14-31-73)57-59-101(107)115-100-58-56-86(116-102-44-25-23-40-92(102)98-62-80(54-60-104(98)116)72-28-11-7-12-29-72)70-106(100)118(108-68-85(114(4,5)6)69-109(119)110(108)115)111-90(82-52-50-78-48-46-76-36-19-21-38-88(76)94(78)64-82)42-27-43-91(111)83-53-51-79-49-47-77-37-20-22-39-89(77)95(79)65-83/h7-71H,1-6H3/i23D,24D,25D,26D,40D,41D,44D,45D,54D,55D,60D,61D,62D,63D. The maximum atomic E-state index is 10.5. The molecule has 4 heterocycles. The molecule has 23 rings (SSSR count). The molecule has 2 aliphatic rings. The molecule has 0 amide bonds. The van der Waals surface area contributed by atoms with Crippen molar-refractivity contribution in [3.05, 3.63) is 405 Å². The second kappa shape index (κ2) is 27.0. The number of nitrogens with zero attached hydrogens (tertiary/aromatic N) is 4. The molecule has 0 saturated heterocycles. The molecule has 0 spiro atoms. The van der Waals surface area contributed by atoms with Gasteiger partial charge in [-0.3, -0.25) is 0 Å². The minimum absolute atomic E-state index is 0.0183. The lowest BCUT2D eigenvalue weighted by Gasteiger charge is -2.46. The van der Waals surface area contributed by atoms with Crippen molar-refractivity contribution >= 4 is 144 Å². The lowest BCUT2D eigenvalue weighted by Crippen LogP contribution is -2.61. The molecule has 21 aromatic rings. The van der Waals surface area contributed by atoms with Gasteiger partial charge < -0.3 is 18.9 Å². The fourth-order valence-corrected chi connectivity index (χ4v) is 18.8. The first kappa shape index (κ1) is 56.7. The highest BCUT2D eigenvalue weighted by molar-refractivity contribution is 7.00. The molecule has 19 aromatic carbocycles. The van der Waals surface area contributed by atoms with Crippen LogP contribution in [0.1, 0.15) is 71.9 Å². The Morgan fingerprint density at radius 2 is 0.622 bits per heavy atom. The van der Waals surface area contributed by atoms with Crippen LogP contribution in [-0.2, 0) is 10.8 Å². The molecule has 0 atom stereocenters. The quantitative estimate of drug-likeness (QED) is 0.100. The highest BCUT2D eigenvalue weighted by atomic mass is 15.2. The number of rotatable bonds is 10. The molecule has 0 radical (unpaired) electrons. The minimum Gasteiger partial charge on any atom is -0.310 e. The molecule has 562 valence electrons. The summed E-state index contributed by atoms with van der Waals surface area (Å²) in [6.45, 7) is 12.6. The van der Waals surface area contributed by atoms with Gasteiger partial charge in [0.1, 0.15) is 0 Å². The van der Waals surface area contributed by atoms with E-state index in [1.807, 2.05) is 36.4 Å². The average Bonchev–Trinajstić information content (AvgIpc) is 1.41. The number of benzene rings is 19. The van der Waals surface area contributed by atoms with Crippen LogP contribution in [0.4, 0.5) is 34.1 Å². The molecular formula is C114H83BN4. The van der Waals surface area contributed by atoms with Gasteiger partial charge in [0.2, 0.25) is 0 Å². The Hall–Kier alpha value is -14.5. The number of hydrogen-bond donors (Lipinski definition) is 0. The molecule has 0 bridgehead atoms. The summed E-state index contributed by atoms with van der Waals surface area (Å²) >= 11 is 0. The SMILES string of the molecule is [2H]c1c([2H])c([2H])c2c(c1[2H])c1c([2H])c(-c3ccccc3)c([2H])c([2H])c1n2-c1ccc2c(c1)N(c1c(-c3ccc4ccc5ccccc5c4c3)cccc1-c1ccc3ccc4ccccc4c3c1)c1cc(C(C)(C)C)cc3c1B2c1ccc(-n2c4c([2H])c([2H])c([2H])c([2H])c4c4c([2H])c(-c5ccccc5)c([2H])c([2H])c42)cc1N3c1c(-c2ccccc2)cc(C(C)(C)C)cc1-c1ccccc1. The first-order chi connectivity index (χ1) is 64.1. The normalized spacial score (nSPS) is 14.4. The first-order valence-electron chi connectivity index (χ1n) is 47.7. The van der Waals surface area contributed by atoms with Crippen molar-refractivity contribution in [1.29, 1.82) is 0 Å². The first-order valence-corrected chi connectivity index (χ1v) is 40.7. The van der Waals surface area contributed by atoms with Gasteiger partial charge in [-0.05, 0) is 223 Å². The Kier molecular flexibility index (Phi) is 12.9. The molecule has 2 aromatic heterocycles. The zero-order valence-corrected chi connectivity index (χ0v) is 66.3. The third-order valence-electron chi connectivity index (χ3n) is 24.6. The summed E-state index contributed by atoms with van der Waals surface area (Å²) < 4.78 is 143. The molecule has 0 fully saturated rings. The summed E-state index contributed by atoms with van der Waals surface area (Å²) in [5, 5.41) is 8.74. The van der Waals surface area contributed by atoms with Crippen LogP contribution in [0.25, 0.3) is 165 Å². The van der Waals surface area contributed by atoms with E-state index in [-0.39, 0.29) is 91.0 Å². The molecule has 0 unspecified atom stereocenters. The van der Waals surface area contributed by atoms with Gasteiger partial charge in [-0.2, -0.15) is 0 Å². The van der Waals surface area contributed by atoms with Gasteiger partial charge in [0.05, 0.1) is 52.6 Å². The molecule has 0 N–H and O–H groups in total. The van der Waals surface area contributed by atoms with E-state index in [0.717, 1.165) is 138 Å². The van der Waals surface area contributed by atoms with Crippen LogP contribution < -0.4 is 26.2 Å². The minimum atomic E-state index is -0.769. The van der Waals surface area contributed by atoms with Gasteiger partial charge in [-0.15, -0.1) is 0 Å². The van der Waals surface area contributed by atoms with E-state index in [1.165, 1.54) is 0 Å². The predicted molar refractivity (Wildman–Crippen MR) is 509 cm³/mol. The van der Waals surface area contributed by atoms with E-state index in [4.69, 9.17) is 0 Å². The Morgan fingerprint density at radius 3 is 1.06 bits per heavy atom. The van der Waals surface area contributed by atoms with Gasteiger partial charge in [0.15, 0.2) is 0 Å². The van der Waals surface area contributed by atoms with Crippen LogP contribution in [-0.4, -0.2) is 15.8 Å². The second-order valence-electron chi connectivity index (χ2n) is 33.6. The van der Waals surface area contributed by atoms with Crippen LogP contribution in [0.2, 0.25) is 0 Å². The van der Waals surface area contributed by atoms with E-state index in [9.17, 15) is 19.2 Å². The molecule has 0 aliphatic carbocycles. The monoisotopic (exact) mass is 1530 g/mol. The fourth-order valence-electron chi connectivity index (χ4n) is 18.8. The largest absolute Gasteiger partial charge is 0.310 e. The number of para-hydroxylation sites is 3. The smallest absolute Gasteiger partial charge is 0.252 e. The molecular weight excluding hydrogens is 1440 g/mol. The van der Waals surface area contributed by atoms with Crippen molar-refractivity contribution < 1.29 is 19.2 Å². The van der Waals surface area contributed by atoms with Crippen LogP contribution in [0.15, 0.2) is 394 Å². The summed E-state index contributed by atoms with van der Waals surface area (Å²) in [5.41, 5.74) is 17.0. The van der Waals surface area contributed by atoms with Crippen molar-refractivity contribution in [2.45, 2.75) is 52.4 Å². The van der Waals surface area contributed by atoms with Gasteiger partial charge in [-0.1, -0.05) is 339 Å². The highest BCUT2D eigenvalue weighted by Crippen LogP contribution is 2.56. The third kappa shape index (κ3) is 11.3. The fraction of sp³-hybridized carbons (Fsp3) is 0.0702. The van der Waals surface area contributed by atoms with Gasteiger partial charge in [0.25, 0.3) is 6.71 Å². The number of aromatic nitrogens is 2. The average molecular weight is 1530 g/mol. The van der Waals surface area contributed by atoms with Crippen molar-refractivity contribution in [1.82, 2.24) is 9.13 Å². The predicted octanol–water partition coefficient (Wildman–Crippen LogP) is 29.2. The van der Waals surface area contributed by atoms with Crippen molar-refractivity contribution in [2.24, 2.45) is 0 Å². The van der Waals surface area contributed by atoms with E-state index < -0.39 is 65.9 Å². The summed E-state index contributed by atoms with van der Waals surface area (Å²) in [6.07, 6.45) is 0. The lowest BCUT2D eigenvalue weighted by atomic mass is 9.33. The molecule has 5 heteroatoms. The van der Waals surface area contributed by atoms with E-state index in [2.05, 4.69) is 276 Å². The Balaban J connectivity index is 0.919. The summed E-state index contributed by atoms with van der Waals surface area (Å²) in [4.78, 5) is 4.82. The zero-order valence-electron chi connectivity index (χ0n) is 80.3. The Morgan fingerprint density at radius 1 is 0.252 bits per heavy atom. The molecule has 0 saturated carbocycles. The maximum absolute atomic E-state index is 10.5. The Labute approximate surface area is 713 Å². The third-order valence-corrected chi connectivity index (χ3v) is 24.6. The molecule has 119 heavy (non-hydrogen) atoms. The molecule has 4 nitrogen and oxygen atoms in total. The van der Waals surface area contributed by atoms with E-state index >= 15 is 0 Å². The Bertz CT molecular complexity index is 8460. The van der Waals surface area contributed by atoms with Crippen LogP contribution in [0.5, 0.6) is 0 Å². The van der Waals surface area contributed by atoms with Gasteiger partial charge >= 0.3 is 0 Å². The number of anilines is 6. The maximum Gasteiger partial charge on any atom is 0.252 e. The second-order valence-corrected chi connectivity index (χ2v) is 33.6.